The van der Waals surface area contributed by atoms with Crippen molar-refractivity contribution in [3.63, 3.8) is 0 Å². The number of aliphatic hydroxyl groups is 1. The third-order valence-electron chi connectivity index (χ3n) is 11.6. The maximum absolute atomic E-state index is 10.5. The zero-order chi connectivity index (χ0) is 21.8. The van der Waals surface area contributed by atoms with Gasteiger partial charge >= 0.3 is 0 Å². The molecule has 0 aromatic heterocycles. The monoisotopic (exact) mass is 414 g/mol. The minimum absolute atomic E-state index is 0.0507. The van der Waals surface area contributed by atoms with E-state index in [2.05, 4.69) is 60.6 Å². The Morgan fingerprint density at radius 2 is 1.40 bits per heavy atom. The van der Waals surface area contributed by atoms with Crippen LogP contribution in [0, 0.1) is 64.1 Å². The molecule has 4 fully saturated rings. The first-order valence-electron chi connectivity index (χ1n) is 13.5. The fourth-order valence-electron chi connectivity index (χ4n) is 9.32. The summed E-state index contributed by atoms with van der Waals surface area (Å²) in [4.78, 5) is 0. The van der Waals surface area contributed by atoms with Gasteiger partial charge in [0.2, 0.25) is 0 Å². The van der Waals surface area contributed by atoms with Crippen LogP contribution in [-0.2, 0) is 0 Å². The van der Waals surface area contributed by atoms with Crippen LogP contribution in [0.25, 0.3) is 0 Å². The van der Waals surface area contributed by atoms with Crippen LogP contribution in [0.4, 0.5) is 0 Å². The lowest BCUT2D eigenvalue weighted by atomic mass is 9.43. The molecule has 0 unspecified atom stereocenters. The van der Waals surface area contributed by atoms with Gasteiger partial charge in [-0.15, -0.1) is 0 Å². The summed E-state index contributed by atoms with van der Waals surface area (Å²) in [6.45, 7) is 17.2. The number of hydrogen-bond donors (Lipinski definition) is 1. The highest BCUT2D eigenvalue weighted by atomic mass is 16.3. The fourth-order valence-corrected chi connectivity index (χ4v) is 9.32. The molecule has 30 heavy (non-hydrogen) atoms. The summed E-state index contributed by atoms with van der Waals surface area (Å²) in [5.74, 6) is 7.07. The van der Waals surface area contributed by atoms with E-state index >= 15 is 0 Å². The Morgan fingerprint density at radius 3 is 2.10 bits per heavy atom. The van der Waals surface area contributed by atoms with E-state index in [1.54, 1.807) is 0 Å². The summed E-state index contributed by atoms with van der Waals surface area (Å²) in [6.07, 6.45) is 16.0. The number of hydrogen-bond acceptors (Lipinski definition) is 1. The van der Waals surface area contributed by atoms with Crippen molar-refractivity contribution in [3.8, 4) is 0 Å². The molecule has 0 bridgehead atoms. The molecule has 1 heteroatoms. The van der Waals surface area contributed by atoms with E-state index in [4.69, 9.17) is 0 Å². The van der Waals surface area contributed by atoms with E-state index in [-0.39, 0.29) is 6.10 Å². The average Bonchev–Trinajstić information content (AvgIpc) is 3.06. The summed E-state index contributed by atoms with van der Waals surface area (Å²) in [6, 6.07) is 0. The van der Waals surface area contributed by atoms with Gasteiger partial charge in [-0.05, 0) is 115 Å². The standard InChI is InChI=1S/C29H50O/c1-18(2)19(3)8-9-20(4)23-12-13-25-22-10-11-24-21(5)27(30)15-17-29(24,7)26(22)14-16-28(23,25)6/h8-9,18-27,30H,10-17H2,1-7H3/b9-8+/t19-,20-,21+,22+,23-,24+,25+,26+,27+,28-,29+/m1/s1. The van der Waals surface area contributed by atoms with Gasteiger partial charge in [0, 0.05) is 0 Å². The van der Waals surface area contributed by atoms with Crippen molar-refractivity contribution in [1.29, 1.82) is 0 Å². The molecular formula is C29H50O. The first kappa shape index (κ1) is 22.9. The minimum Gasteiger partial charge on any atom is -0.393 e. The van der Waals surface area contributed by atoms with Crippen LogP contribution in [0.2, 0.25) is 0 Å². The zero-order valence-electron chi connectivity index (χ0n) is 21.0. The molecule has 0 amide bonds. The Hall–Kier alpha value is -0.300. The molecule has 0 radical (unpaired) electrons. The summed E-state index contributed by atoms with van der Waals surface area (Å²) >= 11 is 0. The summed E-state index contributed by atoms with van der Waals surface area (Å²) in [5.41, 5.74) is 1.04. The first-order chi connectivity index (χ1) is 14.1. The third-order valence-corrected chi connectivity index (χ3v) is 11.6. The van der Waals surface area contributed by atoms with Crippen molar-refractivity contribution in [2.75, 3.05) is 0 Å². The maximum atomic E-state index is 10.5. The van der Waals surface area contributed by atoms with Crippen LogP contribution in [0.3, 0.4) is 0 Å². The molecule has 0 aliphatic heterocycles. The van der Waals surface area contributed by atoms with Gasteiger partial charge in [0.15, 0.2) is 0 Å². The molecule has 4 aliphatic carbocycles. The minimum atomic E-state index is -0.0507. The Kier molecular flexibility index (Phi) is 6.28. The first-order valence-corrected chi connectivity index (χ1v) is 13.5. The lowest BCUT2D eigenvalue weighted by molar-refractivity contribution is -0.148. The smallest absolute Gasteiger partial charge is 0.0568 e. The van der Waals surface area contributed by atoms with Gasteiger partial charge in [-0.25, -0.2) is 0 Å². The van der Waals surface area contributed by atoms with Crippen LogP contribution in [0.15, 0.2) is 12.2 Å². The topological polar surface area (TPSA) is 20.2 Å². The van der Waals surface area contributed by atoms with Crippen molar-refractivity contribution >= 4 is 0 Å². The molecule has 172 valence electrons. The fraction of sp³-hybridized carbons (Fsp3) is 0.931. The molecular weight excluding hydrogens is 364 g/mol. The van der Waals surface area contributed by atoms with E-state index in [1.807, 2.05) is 0 Å². The molecule has 4 aliphatic rings. The average molecular weight is 415 g/mol. The molecule has 0 aromatic rings. The highest BCUT2D eigenvalue weighted by molar-refractivity contribution is 5.12. The van der Waals surface area contributed by atoms with E-state index < -0.39 is 0 Å². The van der Waals surface area contributed by atoms with Gasteiger partial charge in [0.1, 0.15) is 0 Å². The van der Waals surface area contributed by atoms with Crippen molar-refractivity contribution in [2.24, 2.45) is 64.1 Å². The highest BCUT2D eigenvalue weighted by Gasteiger charge is 2.61. The normalized spacial score (nSPS) is 50.8. The van der Waals surface area contributed by atoms with Gasteiger partial charge < -0.3 is 5.11 Å². The van der Waals surface area contributed by atoms with Gasteiger partial charge in [-0.2, -0.15) is 0 Å². The van der Waals surface area contributed by atoms with Gasteiger partial charge in [-0.3, -0.25) is 0 Å². The van der Waals surface area contributed by atoms with E-state index in [0.29, 0.717) is 22.7 Å². The molecule has 4 saturated carbocycles. The molecule has 4 rings (SSSR count). The number of fused-ring (bicyclic) bond motifs is 5. The van der Waals surface area contributed by atoms with Crippen molar-refractivity contribution in [1.82, 2.24) is 0 Å². The zero-order valence-corrected chi connectivity index (χ0v) is 21.0. The van der Waals surface area contributed by atoms with Crippen LogP contribution < -0.4 is 0 Å². The molecule has 0 spiro atoms. The third kappa shape index (κ3) is 3.54. The van der Waals surface area contributed by atoms with E-state index in [0.717, 1.165) is 47.8 Å². The summed E-state index contributed by atoms with van der Waals surface area (Å²) < 4.78 is 0. The van der Waals surface area contributed by atoms with Gasteiger partial charge in [0.05, 0.1) is 6.10 Å². The molecule has 1 nitrogen and oxygen atoms in total. The van der Waals surface area contributed by atoms with Crippen LogP contribution in [-0.4, -0.2) is 11.2 Å². The number of aliphatic hydroxyl groups excluding tert-OH is 1. The quantitative estimate of drug-likeness (QED) is 0.466. The second-order valence-electron chi connectivity index (χ2n) is 13.1. The Bertz CT molecular complexity index is 636. The molecule has 0 saturated heterocycles. The Labute approximate surface area is 187 Å². The Balaban J connectivity index is 1.51. The molecule has 11 atom stereocenters. The lowest BCUT2D eigenvalue weighted by Crippen LogP contribution is -2.56. The maximum Gasteiger partial charge on any atom is 0.0568 e. The van der Waals surface area contributed by atoms with Crippen molar-refractivity contribution in [3.05, 3.63) is 12.2 Å². The second kappa shape index (κ2) is 8.24. The largest absolute Gasteiger partial charge is 0.393 e. The highest BCUT2D eigenvalue weighted by Crippen LogP contribution is 2.68. The lowest BCUT2D eigenvalue weighted by Gasteiger charge is -2.62. The van der Waals surface area contributed by atoms with Crippen LogP contribution >= 0.6 is 0 Å². The van der Waals surface area contributed by atoms with Crippen molar-refractivity contribution in [2.45, 2.75) is 106 Å². The molecule has 0 aromatic carbocycles. The second-order valence-corrected chi connectivity index (χ2v) is 13.1. The van der Waals surface area contributed by atoms with Crippen molar-refractivity contribution < 1.29 is 5.11 Å². The Morgan fingerprint density at radius 1 is 0.767 bits per heavy atom. The number of allylic oxidation sites excluding steroid dienone is 2. The van der Waals surface area contributed by atoms with E-state index in [1.165, 1.54) is 44.9 Å². The number of rotatable bonds is 4. The summed E-state index contributed by atoms with van der Waals surface area (Å²) in [7, 11) is 0. The van der Waals surface area contributed by atoms with E-state index in [9.17, 15) is 5.11 Å². The predicted octanol–water partition coefficient (Wildman–Crippen LogP) is 7.74. The van der Waals surface area contributed by atoms with Crippen LogP contribution in [0.5, 0.6) is 0 Å². The van der Waals surface area contributed by atoms with Crippen LogP contribution in [0.1, 0.15) is 99.8 Å². The van der Waals surface area contributed by atoms with Gasteiger partial charge in [-0.1, -0.05) is 60.6 Å². The predicted molar refractivity (Wildman–Crippen MR) is 128 cm³/mol. The van der Waals surface area contributed by atoms with Gasteiger partial charge in [0.25, 0.3) is 0 Å². The molecule has 0 heterocycles. The molecule has 1 N–H and O–H groups in total. The summed E-state index contributed by atoms with van der Waals surface area (Å²) in [5, 5.41) is 10.5. The SMILES string of the molecule is CC(C)[C@H](C)/C=C/[C@@H](C)[C@H]1CC[C@H]2[C@@H]3CC[C@H]4[C@H](C)[C@@H](O)CC[C@]4(C)[C@H]3CC[C@]12C.